The van der Waals surface area contributed by atoms with Crippen molar-refractivity contribution in [3.05, 3.63) is 29.8 Å². The highest BCUT2D eigenvalue weighted by molar-refractivity contribution is 5.70. The van der Waals surface area contributed by atoms with Crippen LogP contribution in [0.25, 0.3) is 0 Å². The fourth-order valence-corrected chi connectivity index (χ4v) is 2.16. The van der Waals surface area contributed by atoms with E-state index in [2.05, 4.69) is 0 Å². The van der Waals surface area contributed by atoms with Crippen LogP contribution >= 0.6 is 0 Å². The number of ether oxygens (including phenoxy) is 2. The molecule has 1 aromatic carbocycles. The molecule has 0 unspecified atom stereocenters. The molecule has 2 rings (SSSR count). The minimum atomic E-state index is -1.51. The fourth-order valence-electron chi connectivity index (χ4n) is 2.16. The topological polar surface area (TPSA) is 137 Å². The Labute approximate surface area is 126 Å². The molecule has 1 heterocycles. The van der Waals surface area contributed by atoms with Gasteiger partial charge in [-0.2, -0.15) is 0 Å². The molecular formula is C14H18O8. The Hall–Kier alpha value is -1.71. The van der Waals surface area contributed by atoms with Crippen LogP contribution < -0.4 is 4.74 Å². The van der Waals surface area contributed by atoms with Crippen molar-refractivity contribution in [3.8, 4) is 5.75 Å². The molecule has 1 saturated heterocycles. The molecule has 5 N–H and O–H groups in total. The van der Waals surface area contributed by atoms with Gasteiger partial charge in [0.25, 0.3) is 0 Å². The number of benzene rings is 1. The van der Waals surface area contributed by atoms with Gasteiger partial charge in [0.1, 0.15) is 30.2 Å². The summed E-state index contributed by atoms with van der Waals surface area (Å²) >= 11 is 0. The first-order chi connectivity index (χ1) is 10.4. The zero-order valence-corrected chi connectivity index (χ0v) is 11.6. The van der Waals surface area contributed by atoms with E-state index in [4.69, 9.17) is 19.7 Å². The summed E-state index contributed by atoms with van der Waals surface area (Å²) < 4.78 is 10.6. The first-order valence-corrected chi connectivity index (χ1v) is 6.70. The van der Waals surface area contributed by atoms with E-state index in [-0.39, 0.29) is 6.42 Å². The Balaban J connectivity index is 2.04. The molecule has 0 spiro atoms. The lowest BCUT2D eigenvalue weighted by Crippen LogP contribution is -2.60. The van der Waals surface area contributed by atoms with Crippen LogP contribution in [0.4, 0.5) is 0 Å². The summed E-state index contributed by atoms with van der Waals surface area (Å²) in [5.41, 5.74) is 0.577. The standard InChI is InChI=1S/C14H18O8/c15-6-9-11(18)12(19)13(20)14(22-9)21-8-3-1-7(2-4-8)5-10(16)17/h1-4,9,11-15,18-20H,5-6H2,(H,16,17)/t9-,11-,12+,13-,14-/m0/s1. The van der Waals surface area contributed by atoms with E-state index in [0.717, 1.165) is 0 Å². The third kappa shape index (κ3) is 3.73. The molecule has 0 radical (unpaired) electrons. The van der Waals surface area contributed by atoms with Crippen molar-refractivity contribution >= 4 is 5.97 Å². The average molecular weight is 314 g/mol. The predicted molar refractivity (Wildman–Crippen MR) is 72.2 cm³/mol. The Morgan fingerprint density at radius 3 is 2.27 bits per heavy atom. The molecule has 0 aromatic heterocycles. The number of hydrogen-bond acceptors (Lipinski definition) is 7. The summed E-state index contributed by atoms with van der Waals surface area (Å²) in [6.45, 7) is -0.539. The Kier molecular flexibility index (Phi) is 5.33. The first-order valence-electron chi connectivity index (χ1n) is 6.70. The third-order valence-corrected chi connectivity index (χ3v) is 3.38. The van der Waals surface area contributed by atoms with Crippen molar-refractivity contribution in [3.63, 3.8) is 0 Å². The smallest absolute Gasteiger partial charge is 0.307 e. The van der Waals surface area contributed by atoms with Crippen LogP contribution in [0.2, 0.25) is 0 Å². The number of aliphatic hydroxyl groups is 4. The quantitative estimate of drug-likeness (QED) is 0.442. The second-order valence-electron chi connectivity index (χ2n) is 5.03. The molecule has 0 bridgehead atoms. The van der Waals surface area contributed by atoms with Crippen LogP contribution in [0.1, 0.15) is 5.56 Å². The van der Waals surface area contributed by atoms with E-state index < -0.39 is 43.3 Å². The Bertz CT molecular complexity index is 500. The van der Waals surface area contributed by atoms with Gasteiger partial charge in [-0.15, -0.1) is 0 Å². The molecule has 1 aliphatic rings. The number of rotatable bonds is 5. The van der Waals surface area contributed by atoms with Crippen molar-refractivity contribution in [1.29, 1.82) is 0 Å². The van der Waals surface area contributed by atoms with Gasteiger partial charge in [0, 0.05) is 0 Å². The lowest BCUT2D eigenvalue weighted by Gasteiger charge is -2.39. The Morgan fingerprint density at radius 1 is 1.09 bits per heavy atom. The molecule has 8 nitrogen and oxygen atoms in total. The summed E-state index contributed by atoms with van der Waals surface area (Å²) in [6.07, 6.45) is -6.88. The molecule has 0 saturated carbocycles. The zero-order valence-electron chi connectivity index (χ0n) is 11.6. The van der Waals surface area contributed by atoms with Crippen molar-refractivity contribution in [1.82, 2.24) is 0 Å². The van der Waals surface area contributed by atoms with Crippen molar-refractivity contribution in [2.75, 3.05) is 6.61 Å². The van der Waals surface area contributed by atoms with Crippen LogP contribution in [0.5, 0.6) is 5.75 Å². The predicted octanol–water partition coefficient (Wildman–Crippen LogP) is -1.51. The highest BCUT2D eigenvalue weighted by Gasteiger charge is 2.44. The van der Waals surface area contributed by atoms with E-state index in [1.165, 1.54) is 12.1 Å². The molecule has 0 amide bonds. The van der Waals surface area contributed by atoms with Gasteiger partial charge in [-0.05, 0) is 17.7 Å². The van der Waals surface area contributed by atoms with Crippen LogP contribution in [0, 0.1) is 0 Å². The molecule has 22 heavy (non-hydrogen) atoms. The van der Waals surface area contributed by atoms with Gasteiger partial charge >= 0.3 is 5.97 Å². The van der Waals surface area contributed by atoms with Crippen LogP contribution in [-0.2, 0) is 16.0 Å². The maximum absolute atomic E-state index is 10.6. The average Bonchev–Trinajstić information content (AvgIpc) is 2.49. The van der Waals surface area contributed by atoms with Gasteiger partial charge in [0.15, 0.2) is 0 Å². The number of carboxylic acid groups (broad SMARTS) is 1. The lowest BCUT2D eigenvalue weighted by atomic mass is 9.99. The molecular weight excluding hydrogens is 296 g/mol. The van der Waals surface area contributed by atoms with E-state index in [1.54, 1.807) is 12.1 Å². The van der Waals surface area contributed by atoms with Gasteiger partial charge in [-0.3, -0.25) is 4.79 Å². The molecule has 1 aromatic rings. The van der Waals surface area contributed by atoms with Crippen molar-refractivity contribution in [2.24, 2.45) is 0 Å². The normalized spacial score (nSPS) is 31.7. The second kappa shape index (κ2) is 7.03. The minimum Gasteiger partial charge on any atom is -0.481 e. The number of hydrogen-bond donors (Lipinski definition) is 5. The summed E-state index contributed by atoms with van der Waals surface area (Å²) in [6, 6.07) is 6.10. The van der Waals surface area contributed by atoms with Crippen LogP contribution in [0.15, 0.2) is 24.3 Å². The number of aliphatic carboxylic acids is 1. The highest BCUT2D eigenvalue weighted by Crippen LogP contribution is 2.24. The maximum atomic E-state index is 10.6. The van der Waals surface area contributed by atoms with E-state index in [1.807, 2.05) is 0 Å². The lowest BCUT2D eigenvalue weighted by molar-refractivity contribution is -0.277. The molecule has 122 valence electrons. The molecule has 0 aliphatic carbocycles. The van der Waals surface area contributed by atoms with Crippen LogP contribution in [0.3, 0.4) is 0 Å². The SMILES string of the molecule is O=C(O)Cc1ccc(O[C@H]2O[C@@H](CO)[C@H](O)[C@@H](O)[C@@H]2O)cc1. The maximum Gasteiger partial charge on any atom is 0.307 e. The molecule has 1 aliphatic heterocycles. The number of carbonyl (C=O) groups is 1. The molecule has 5 atom stereocenters. The summed E-state index contributed by atoms with van der Waals surface area (Å²) in [5.74, 6) is -0.666. The third-order valence-electron chi connectivity index (χ3n) is 3.38. The van der Waals surface area contributed by atoms with Crippen LogP contribution in [-0.4, -0.2) is 68.8 Å². The van der Waals surface area contributed by atoms with Gasteiger partial charge in [-0.1, -0.05) is 12.1 Å². The fraction of sp³-hybridized carbons (Fsp3) is 0.500. The number of aliphatic hydroxyl groups excluding tert-OH is 4. The molecule has 1 fully saturated rings. The van der Waals surface area contributed by atoms with Gasteiger partial charge in [-0.25, -0.2) is 0 Å². The van der Waals surface area contributed by atoms with Gasteiger partial charge in [0.05, 0.1) is 13.0 Å². The first kappa shape index (κ1) is 16.7. The second-order valence-corrected chi connectivity index (χ2v) is 5.03. The molecule has 8 heteroatoms. The van der Waals surface area contributed by atoms with E-state index in [9.17, 15) is 20.1 Å². The van der Waals surface area contributed by atoms with E-state index >= 15 is 0 Å². The van der Waals surface area contributed by atoms with E-state index in [0.29, 0.717) is 11.3 Å². The monoisotopic (exact) mass is 314 g/mol. The zero-order chi connectivity index (χ0) is 16.3. The largest absolute Gasteiger partial charge is 0.481 e. The summed E-state index contributed by atoms with van der Waals surface area (Å²) in [5, 5.41) is 46.9. The highest BCUT2D eigenvalue weighted by atomic mass is 16.7. The summed E-state index contributed by atoms with van der Waals surface area (Å²) in [7, 11) is 0. The van der Waals surface area contributed by atoms with Gasteiger partial charge < -0.3 is 35.0 Å². The van der Waals surface area contributed by atoms with Gasteiger partial charge in [0.2, 0.25) is 6.29 Å². The van der Waals surface area contributed by atoms with Crippen molar-refractivity contribution in [2.45, 2.75) is 37.1 Å². The Morgan fingerprint density at radius 2 is 1.73 bits per heavy atom. The number of carboxylic acids is 1. The van der Waals surface area contributed by atoms with Crippen molar-refractivity contribution < 1.29 is 39.8 Å². The minimum absolute atomic E-state index is 0.125. The summed E-state index contributed by atoms with van der Waals surface area (Å²) in [4.78, 5) is 10.6.